The van der Waals surface area contributed by atoms with Gasteiger partial charge in [-0.1, -0.05) is 0 Å². The van der Waals surface area contributed by atoms with E-state index in [1.807, 2.05) is 11.8 Å². The number of aromatic nitrogens is 1. The molecule has 3 aromatic rings. The van der Waals surface area contributed by atoms with Gasteiger partial charge >= 0.3 is 0 Å². The van der Waals surface area contributed by atoms with E-state index < -0.39 is 11.6 Å². The number of rotatable bonds is 6. The first kappa shape index (κ1) is 25.6. The van der Waals surface area contributed by atoms with E-state index in [-0.39, 0.29) is 23.3 Å². The maximum atomic E-state index is 13.8. The van der Waals surface area contributed by atoms with Gasteiger partial charge in [0.2, 0.25) is 0 Å². The van der Waals surface area contributed by atoms with Crippen molar-refractivity contribution in [3.63, 3.8) is 0 Å². The lowest BCUT2D eigenvalue weighted by atomic mass is 9.65. The standard InChI is InChI=1S/C29H29F2N3O4/c1-17-24(37-2)12-19(13-25(17)38-3)28(36)34-10-8-29(16-34)14-20(15-29)33-27(35)21-5-4-9-32-26(21)18-6-7-22(30)23(31)11-18/h4-7,9,11-13,20H,8,10,14-16H2,1-3H3,(H,33,35). The molecule has 1 saturated carbocycles. The molecule has 1 aromatic heterocycles. The Balaban J connectivity index is 1.23. The highest BCUT2D eigenvalue weighted by Gasteiger charge is 2.50. The summed E-state index contributed by atoms with van der Waals surface area (Å²) < 4.78 is 38.0. The number of hydrogen-bond donors (Lipinski definition) is 1. The van der Waals surface area contributed by atoms with Crippen LogP contribution in [0.1, 0.15) is 45.5 Å². The van der Waals surface area contributed by atoms with Crippen molar-refractivity contribution in [3.05, 3.63) is 77.0 Å². The predicted molar refractivity (Wildman–Crippen MR) is 137 cm³/mol. The molecule has 38 heavy (non-hydrogen) atoms. The van der Waals surface area contributed by atoms with Crippen molar-refractivity contribution in [2.24, 2.45) is 5.41 Å². The summed E-state index contributed by atoms with van der Waals surface area (Å²) in [5.74, 6) is -1.14. The third-order valence-electron chi connectivity index (χ3n) is 7.66. The molecule has 1 N–H and O–H groups in total. The van der Waals surface area contributed by atoms with Crippen LogP contribution < -0.4 is 14.8 Å². The Hall–Kier alpha value is -4.01. The lowest BCUT2D eigenvalue weighted by Gasteiger charge is -2.45. The maximum absolute atomic E-state index is 13.8. The van der Waals surface area contributed by atoms with Crippen molar-refractivity contribution in [1.82, 2.24) is 15.2 Å². The van der Waals surface area contributed by atoms with Crippen molar-refractivity contribution >= 4 is 11.8 Å². The zero-order valence-electron chi connectivity index (χ0n) is 21.5. The lowest BCUT2D eigenvalue weighted by Crippen LogP contribution is -2.52. The first-order chi connectivity index (χ1) is 18.2. The number of likely N-dealkylation sites (tertiary alicyclic amines) is 1. The molecule has 0 atom stereocenters. The average Bonchev–Trinajstić information content (AvgIpc) is 3.35. The van der Waals surface area contributed by atoms with Gasteiger partial charge < -0.3 is 19.7 Å². The Bertz CT molecular complexity index is 1380. The van der Waals surface area contributed by atoms with Crippen LogP contribution in [-0.2, 0) is 0 Å². The fourth-order valence-electron chi connectivity index (χ4n) is 5.65. The second-order valence-electron chi connectivity index (χ2n) is 10.1. The van der Waals surface area contributed by atoms with Gasteiger partial charge in [-0.2, -0.15) is 0 Å². The molecule has 1 saturated heterocycles. The first-order valence-corrected chi connectivity index (χ1v) is 12.5. The van der Waals surface area contributed by atoms with Crippen LogP contribution >= 0.6 is 0 Å². The molecule has 0 bridgehead atoms. The summed E-state index contributed by atoms with van der Waals surface area (Å²) in [5.41, 5.74) is 2.23. The summed E-state index contributed by atoms with van der Waals surface area (Å²) in [6, 6.07) is 10.2. The molecule has 1 aliphatic carbocycles. The molecule has 2 aliphatic rings. The number of halogens is 2. The van der Waals surface area contributed by atoms with Crippen molar-refractivity contribution in [2.75, 3.05) is 27.3 Å². The van der Waals surface area contributed by atoms with Crippen LogP contribution in [0.2, 0.25) is 0 Å². The fraction of sp³-hybridized carbons (Fsp3) is 0.345. The highest BCUT2D eigenvalue weighted by atomic mass is 19.2. The van der Waals surface area contributed by atoms with E-state index in [0.717, 1.165) is 37.0 Å². The number of carbonyl (C=O) groups is 2. The number of hydrogen-bond acceptors (Lipinski definition) is 5. The van der Waals surface area contributed by atoms with Crippen LogP contribution in [0.25, 0.3) is 11.3 Å². The van der Waals surface area contributed by atoms with Crippen molar-refractivity contribution in [2.45, 2.75) is 32.2 Å². The molecule has 7 nitrogen and oxygen atoms in total. The normalized spacial score (nSPS) is 20.2. The average molecular weight is 522 g/mol. The van der Waals surface area contributed by atoms with Gasteiger partial charge in [-0.05, 0) is 74.1 Å². The number of pyridine rings is 1. The number of ether oxygens (including phenoxy) is 2. The minimum absolute atomic E-state index is 0.0374. The molecule has 9 heteroatoms. The number of nitrogens with one attached hydrogen (secondary N) is 1. The Labute approximate surface area is 219 Å². The van der Waals surface area contributed by atoms with Gasteiger partial charge in [-0.25, -0.2) is 8.78 Å². The van der Waals surface area contributed by atoms with Crippen molar-refractivity contribution in [1.29, 1.82) is 0 Å². The molecule has 0 unspecified atom stereocenters. The summed E-state index contributed by atoms with van der Waals surface area (Å²) in [4.78, 5) is 32.5. The number of benzene rings is 2. The van der Waals surface area contributed by atoms with Crippen LogP contribution in [0.15, 0.2) is 48.7 Å². The van der Waals surface area contributed by atoms with Gasteiger partial charge in [0.1, 0.15) is 11.5 Å². The van der Waals surface area contributed by atoms with E-state index in [0.29, 0.717) is 47.0 Å². The molecular weight excluding hydrogens is 492 g/mol. The second kappa shape index (κ2) is 10.0. The Morgan fingerprint density at radius 3 is 2.42 bits per heavy atom. The van der Waals surface area contributed by atoms with Crippen LogP contribution in [0.3, 0.4) is 0 Å². The number of methoxy groups -OCH3 is 2. The van der Waals surface area contributed by atoms with E-state index in [2.05, 4.69) is 10.3 Å². The van der Waals surface area contributed by atoms with Gasteiger partial charge in [-0.15, -0.1) is 0 Å². The van der Waals surface area contributed by atoms with E-state index in [9.17, 15) is 18.4 Å². The van der Waals surface area contributed by atoms with E-state index in [4.69, 9.17) is 9.47 Å². The van der Waals surface area contributed by atoms with Crippen LogP contribution in [0.5, 0.6) is 11.5 Å². The molecule has 1 spiro atoms. The third-order valence-corrected chi connectivity index (χ3v) is 7.66. The summed E-state index contributed by atoms with van der Waals surface area (Å²) in [5, 5.41) is 3.05. The first-order valence-electron chi connectivity index (χ1n) is 12.5. The SMILES string of the molecule is COc1cc(C(=O)N2CCC3(CC(NC(=O)c4cccnc4-c4ccc(F)c(F)c4)C3)C2)cc(OC)c1C. The Morgan fingerprint density at radius 1 is 1.05 bits per heavy atom. The van der Waals surface area contributed by atoms with Gasteiger partial charge in [0.05, 0.1) is 25.5 Å². The summed E-state index contributed by atoms with van der Waals surface area (Å²) in [6.45, 7) is 3.14. The molecule has 0 radical (unpaired) electrons. The summed E-state index contributed by atoms with van der Waals surface area (Å²) in [6.07, 6.45) is 3.88. The number of carbonyl (C=O) groups excluding carboxylic acids is 2. The lowest BCUT2D eigenvalue weighted by molar-refractivity contribution is 0.0609. The number of amides is 2. The van der Waals surface area contributed by atoms with E-state index >= 15 is 0 Å². The van der Waals surface area contributed by atoms with Crippen LogP contribution in [-0.4, -0.2) is 55.0 Å². The topological polar surface area (TPSA) is 80.8 Å². The van der Waals surface area contributed by atoms with Crippen LogP contribution in [0, 0.1) is 24.0 Å². The molecule has 1 aliphatic heterocycles. The van der Waals surface area contributed by atoms with Gasteiger partial charge in [-0.3, -0.25) is 14.6 Å². The van der Waals surface area contributed by atoms with Crippen LogP contribution in [0.4, 0.5) is 8.78 Å². The quantitative estimate of drug-likeness (QED) is 0.505. The molecular formula is C29H29F2N3O4. The summed E-state index contributed by atoms with van der Waals surface area (Å²) in [7, 11) is 3.13. The fourth-order valence-corrected chi connectivity index (χ4v) is 5.65. The van der Waals surface area contributed by atoms with Gasteiger partial charge in [0.15, 0.2) is 11.6 Å². The zero-order valence-corrected chi connectivity index (χ0v) is 21.5. The molecule has 2 heterocycles. The maximum Gasteiger partial charge on any atom is 0.254 e. The van der Waals surface area contributed by atoms with Crippen molar-refractivity contribution < 1.29 is 27.8 Å². The minimum atomic E-state index is -0.997. The van der Waals surface area contributed by atoms with E-state index in [1.54, 1.807) is 38.5 Å². The van der Waals surface area contributed by atoms with Gasteiger partial charge in [0.25, 0.3) is 11.8 Å². The largest absolute Gasteiger partial charge is 0.496 e. The Morgan fingerprint density at radius 2 is 1.76 bits per heavy atom. The molecule has 198 valence electrons. The monoisotopic (exact) mass is 521 g/mol. The van der Waals surface area contributed by atoms with Crippen molar-refractivity contribution in [3.8, 4) is 22.8 Å². The van der Waals surface area contributed by atoms with E-state index in [1.165, 1.54) is 12.3 Å². The second-order valence-corrected chi connectivity index (χ2v) is 10.1. The minimum Gasteiger partial charge on any atom is -0.496 e. The highest BCUT2D eigenvalue weighted by Crippen LogP contribution is 2.48. The third kappa shape index (κ3) is 4.68. The Kier molecular flexibility index (Phi) is 6.77. The molecule has 2 fully saturated rings. The smallest absolute Gasteiger partial charge is 0.254 e. The molecule has 2 amide bonds. The zero-order chi connectivity index (χ0) is 27.0. The summed E-state index contributed by atoms with van der Waals surface area (Å²) >= 11 is 0. The number of nitrogens with zero attached hydrogens (tertiary/aromatic N) is 2. The van der Waals surface area contributed by atoms with Gasteiger partial charge in [0, 0.05) is 42.0 Å². The molecule has 2 aromatic carbocycles. The predicted octanol–water partition coefficient (Wildman–Crippen LogP) is 4.78. The highest BCUT2D eigenvalue weighted by molar-refractivity contribution is 6.00. The molecule has 5 rings (SSSR count).